The Bertz CT molecular complexity index is 948. The van der Waals surface area contributed by atoms with Gasteiger partial charge in [-0.25, -0.2) is 4.39 Å². The molecule has 1 N–H and O–H groups in total. The van der Waals surface area contributed by atoms with Crippen LogP contribution < -0.4 is 5.32 Å². The summed E-state index contributed by atoms with van der Waals surface area (Å²) in [6.45, 7) is 4.41. The van der Waals surface area contributed by atoms with Gasteiger partial charge in [-0.3, -0.25) is 9.69 Å². The lowest BCUT2D eigenvalue weighted by Gasteiger charge is -2.29. The molecule has 0 saturated heterocycles. The number of halogens is 1. The molecule has 30 heavy (non-hydrogen) atoms. The van der Waals surface area contributed by atoms with Crippen molar-refractivity contribution >= 4 is 11.6 Å². The van der Waals surface area contributed by atoms with Crippen LogP contribution in [0.15, 0.2) is 72.8 Å². The van der Waals surface area contributed by atoms with Gasteiger partial charge in [0.15, 0.2) is 0 Å². The predicted molar refractivity (Wildman–Crippen MR) is 121 cm³/mol. The summed E-state index contributed by atoms with van der Waals surface area (Å²) in [5.41, 5.74) is 5.22. The smallest absolute Gasteiger partial charge is 0.238 e. The van der Waals surface area contributed by atoms with Crippen LogP contribution in [-0.4, -0.2) is 24.4 Å². The molecule has 0 aliphatic rings. The second-order valence-electron chi connectivity index (χ2n) is 7.49. The zero-order chi connectivity index (χ0) is 21.5. The summed E-state index contributed by atoms with van der Waals surface area (Å²) in [7, 11) is 1.92. The Morgan fingerprint density at radius 1 is 0.867 bits per heavy atom. The number of nitrogens with zero attached hydrogens (tertiary/aromatic N) is 1. The number of anilines is 1. The molecular formula is C26H29FN2O. The van der Waals surface area contributed by atoms with Crippen molar-refractivity contribution in [3.8, 4) is 0 Å². The summed E-state index contributed by atoms with van der Waals surface area (Å²) in [6, 6.07) is 22.5. The average Bonchev–Trinajstić information content (AvgIpc) is 2.76. The lowest BCUT2D eigenvalue weighted by molar-refractivity contribution is -0.117. The Balaban J connectivity index is 1.83. The Kier molecular flexibility index (Phi) is 7.36. The van der Waals surface area contributed by atoms with Crippen molar-refractivity contribution in [3.05, 3.63) is 101 Å². The normalized spacial score (nSPS) is 12.0. The Morgan fingerprint density at radius 2 is 1.43 bits per heavy atom. The van der Waals surface area contributed by atoms with E-state index in [1.165, 1.54) is 12.1 Å². The minimum absolute atomic E-state index is 0.0591. The minimum atomic E-state index is -0.269. The van der Waals surface area contributed by atoms with Crippen LogP contribution in [0.1, 0.15) is 42.1 Å². The van der Waals surface area contributed by atoms with E-state index in [1.807, 2.05) is 48.3 Å². The predicted octanol–water partition coefficient (Wildman–Crippen LogP) is 5.61. The Labute approximate surface area is 178 Å². The van der Waals surface area contributed by atoms with E-state index in [1.54, 1.807) is 12.1 Å². The molecule has 0 aliphatic carbocycles. The van der Waals surface area contributed by atoms with Crippen molar-refractivity contribution in [2.75, 3.05) is 18.9 Å². The number of aryl methyl sites for hydroxylation is 2. The number of carbonyl (C=O) groups excluding carboxylic acids is 1. The zero-order valence-electron chi connectivity index (χ0n) is 17.9. The first-order valence-corrected chi connectivity index (χ1v) is 10.4. The van der Waals surface area contributed by atoms with Crippen LogP contribution in [0.5, 0.6) is 0 Å². The van der Waals surface area contributed by atoms with Gasteiger partial charge >= 0.3 is 0 Å². The van der Waals surface area contributed by atoms with E-state index in [-0.39, 0.29) is 24.3 Å². The first-order valence-electron chi connectivity index (χ1n) is 10.4. The molecule has 0 fully saturated rings. The molecule has 0 aromatic heterocycles. The number of carbonyl (C=O) groups is 1. The van der Waals surface area contributed by atoms with E-state index in [2.05, 4.69) is 31.3 Å². The molecule has 1 amide bonds. The summed E-state index contributed by atoms with van der Waals surface area (Å²) in [5, 5.41) is 3.14. The fourth-order valence-electron chi connectivity index (χ4n) is 3.88. The summed E-state index contributed by atoms with van der Waals surface area (Å²) in [5.74, 6) is -0.328. The third-order valence-corrected chi connectivity index (χ3v) is 5.40. The third kappa shape index (κ3) is 5.14. The van der Waals surface area contributed by atoms with Gasteiger partial charge < -0.3 is 5.32 Å². The number of amides is 1. The summed E-state index contributed by atoms with van der Waals surface area (Å²) < 4.78 is 13.5. The van der Waals surface area contributed by atoms with Gasteiger partial charge in [-0.1, -0.05) is 74.5 Å². The van der Waals surface area contributed by atoms with Gasteiger partial charge in [-0.05, 0) is 54.3 Å². The number of para-hydroxylation sites is 1. The summed E-state index contributed by atoms with van der Waals surface area (Å²) in [4.78, 5) is 15.0. The van der Waals surface area contributed by atoms with Gasteiger partial charge in [-0.2, -0.15) is 0 Å². The van der Waals surface area contributed by atoms with Crippen LogP contribution in [0.3, 0.4) is 0 Å². The van der Waals surface area contributed by atoms with E-state index in [4.69, 9.17) is 0 Å². The highest BCUT2D eigenvalue weighted by Gasteiger charge is 2.22. The lowest BCUT2D eigenvalue weighted by atomic mass is 9.97. The van der Waals surface area contributed by atoms with Crippen LogP contribution in [0.2, 0.25) is 0 Å². The minimum Gasteiger partial charge on any atom is -0.324 e. The Morgan fingerprint density at radius 3 is 2.00 bits per heavy atom. The van der Waals surface area contributed by atoms with E-state index >= 15 is 0 Å². The molecule has 0 radical (unpaired) electrons. The lowest BCUT2D eigenvalue weighted by Crippen LogP contribution is -2.34. The van der Waals surface area contributed by atoms with Crippen LogP contribution >= 0.6 is 0 Å². The SMILES string of the molecule is CCc1cccc(CC)c1NC(=O)CN(C)C(c1ccccc1)c1ccc(F)cc1. The van der Waals surface area contributed by atoms with E-state index in [0.717, 1.165) is 40.8 Å². The molecule has 156 valence electrons. The number of benzene rings is 3. The topological polar surface area (TPSA) is 32.3 Å². The first-order chi connectivity index (χ1) is 14.5. The highest BCUT2D eigenvalue weighted by molar-refractivity contribution is 5.94. The molecule has 0 bridgehead atoms. The number of likely N-dealkylation sites (N-methyl/N-ethyl adjacent to an activating group) is 1. The van der Waals surface area contributed by atoms with Gasteiger partial charge in [0, 0.05) is 5.69 Å². The monoisotopic (exact) mass is 404 g/mol. The van der Waals surface area contributed by atoms with Crippen molar-refractivity contribution in [1.29, 1.82) is 0 Å². The van der Waals surface area contributed by atoms with Gasteiger partial charge in [-0.15, -0.1) is 0 Å². The molecule has 0 saturated carbocycles. The quantitative estimate of drug-likeness (QED) is 0.529. The molecule has 0 heterocycles. The fourth-order valence-corrected chi connectivity index (χ4v) is 3.88. The van der Waals surface area contributed by atoms with Crippen molar-refractivity contribution in [1.82, 2.24) is 4.90 Å². The molecule has 0 aliphatic heterocycles. The average molecular weight is 405 g/mol. The molecule has 0 spiro atoms. The van der Waals surface area contributed by atoms with Crippen LogP contribution in [-0.2, 0) is 17.6 Å². The number of hydrogen-bond donors (Lipinski definition) is 1. The third-order valence-electron chi connectivity index (χ3n) is 5.40. The molecule has 4 heteroatoms. The number of nitrogens with one attached hydrogen (secondary N) is 1. The van der Waals surface area contributed by atoms with Crippen LogP contribution in [0.25, 0.3) is 0 Å². The van der Waals surface area contributed by atoms with E-state index in [9.17, 15) is 9.18 Å². The van der Waals surface area contributed by atoms with Crippen molar-refractivity contribution in [2.45, 2.75) is 32.7 Å². The van der Waals surface area contributed by atoms with Crippen LogP contribution in [0.4, 0.5) is 10.1 Å². The maximum absolute atomic E-state index is 13.5. The standard InChI is InChI=1S/C26H29FN2O/c1-4-19-12-9-13-20(5-2)25(19)28-24(30)18-29(3)26(21-10-7-6-8-11-21)22-14-16-23(27)17-15-22/h6-17,26H,4-5,18H2,1-3H3,(H,28,30). The first kappa shape index (κ1) is 21.7. The summed E-state index contributed by atoms with van der Waals surface area (Å²) >= 11 is 0. The van der Waals surface area contributed by atoms with E-state index < -0.39 is 0 Å². The van der Waals surface area contributed by atoms with Gasteiger partial charge in [0.25, 0.3) is 0 Å². The number of rotatable bonds is 8. The largest absolute Gasteiger partial charge is 0.324 e. The number of hydrogen-bond acceptors (Lipinski definition) is 2. The zero-order valence-corrected chi connectivity index (χ0v) is 17.9. The maximum atomic E-state index is 13.5. The summed E-state index contributed by atoms with van der Waals surface area (Å²) in [6.07, 6.45) is 1.73. The molecule has 3 rings (SSSR count). The molecule has 3 aromatic carbocycles. The van der Waals surface area contributed by atoms with Crippen molar-refractivity contribution < 1.29 is 9.18 Å². The Hall–Kier alpha value is -2.98. The van der Waals surface area contributed by atoms with Gasteiger partial charge in [0.1, 0.15) is 5.82 Å². The molecule has 1 unspecified atom stereocenters. The maximum Gasteiger partial charge on any atom is 0.238 e. The van der Waals surface area contributed by atoms with Gasteiger partial charge in [0.05, 0.1) is 12.6 Å². The fraction of sp³-hybridized carbons (Fsp3) is 0.269. The molecular weight excluding hydrogens is 375 g/mol. The van der Waals surface area contributed by atoms with E-state index in [0.29, 0.717) is 0 Å². The van der Waals surface area contributed by atoms with Crippen molar-refractivity contribution in [2.24, 2.45) is 0 Å². The highest BCUT2D eigenvalue weighted by Crippen LogP contribution is 2.28. The highest BCUT2D eigenvalue weighted by atomic mass is 19.1. The molecule has 1 atom stereocenters. The molecule has 3 aromatic rings. The second kappa shape index (κ2) is 10.2. The van der Waals surface area contributed by atoms with Crippen LogP contribution in [0, 0.1) is 5.82 Å². The van der Waals surface area contributed by atoms with Gasteiger partial charge in [0.2, 0.25) is 5.91 Å². The molecule has 3 nitrogen and oxygen atoms in total. The van der Waals surface area contributed by atoms with Crippen molar-refractivity contribution in [3.63, 3.8) is 0 Å². The second-order valence-corrected chi connectivity index (χ2v) is 7.49.